The lowest BCUT2D eigenvalue weighted by atomic mass is 10.2. The van der Waals surface area contributed by atoms with Crippen LogP contribution in [0, 0.1) is 0 Å². The van der Waals surface area contributed by atoms with Gasteiger partial charge in [-0.05, 0) is 17.7 Å². The summed E-state index contributed by atoms with van der Waals surface area (Å²) in [5.74, 6) is 0.637. The van der Waals surface area contributed by atoms with Gasteiger partial charge in [-0.1, -0.05) is 18.2 Å². The molecule has 0 atom stereocenters. The molecule has 0 heterocycles. The van der Waals surface area contributed by atoms with E-state index in [1.807, 2.05) is 24.3 Å². The van der Waals surface area contributed by atoms with E-state index in [-0.39, 0.29) is 5.91 Å². The van der Waals surface area contributed by atoms with Crippen molar-refractivity contribution in [3.8, 4) is 0 Å². The number of anilines is 1. The van der Waals surface area contributed by atoms with Crippen molar-refractivity contribution < 1.29 is 4.79 Å². The predicted molar refractivity (Wildman–Crippen MR) is 79.1 cm³/mol. The number of rotatable bonds is 5. The lowest BCUT2D eigenvalue weighted by molar-refractivity contribution is -0.114. The van der Waals surface area contributed by atoms with Gasteiger partial charge in [0, 0.05) is 32.7 Å². The Morgan fingerprint density at radius 1 is 1.42 bits per heavy atom. The van der Waals surface area contributed by atoms with Gasteiger partial charge < -0.3 is 16.0 Å². The van der Waals surface area contributed by atoms with Crippen LogP contribution in [0.1, 0.15) is 12.5 Å². The van der Waals surface area contributed by atoms with Crippen LogP contribution in [0.3, 0.4) is 0 Å². The lowest BCUT2D eigenvalue weighted by Gasteiger charge is -2.11. The van der Waals surface area contributed by atoms with Crippen molar-refractivity contribution in [3.63, 3.8) is 0 Å². The Morgan fingerprint density at radius 3 is 2.84 bits per heavy atom. The largest absolute Gasteiger partial charge is 0.353 e. The number of benzene rings is 1. The average Bonchev–Trinajstić information content (AvgIpc) is 2.38. The Morgan fingerprint density at radius 2 is 2.21 bits per heavy atom. The molecule has 0 radical (unpaired) electrons. The summed E-state index contributed by atoms with van der Waals surface area (Å²) in [6.07, 6.45) is 1.77. The van der Waals surface area contributed by atoms with Crippen molar-refractivity contribution >= 4 is 17.6 Å². The smallest absolute Gasteiger partial charge is 0.221 e. The molecule has 0 aliphatic heterocycles. The molecule has 0 bridgehead atoms. The number of nitrogens with one attached hydrogen (secondary N) is 3. The van der Waals surface area contributed by atoms with E-state index in [1.165, 1.54) is 6.92 Å². The van der Waals surface area contributed by atoms with Gasteiger partial charge in [0.25, 0.3) is 0 Å². The molecule has 5 nitrogen and oxygen atoms in total. The van der Waals surface area contributed by atoms with Crippen molar-refractivity contribution in [1.29, 1.82) is 0 Å². The van der Waals surface area contributed by atoms with Crippen LogP contribution in [0.2, 0.25) is 0 Å². The molecule has 102 valence electrons. The van der Waals surface area contributed by atoms with Crippen molar-refractivity contribution in [2.75, 3.05) is 18.9 Å². The first-order chi connectivity index (χ1) is 9.15. The van der Waals surface area contributed by atoms with Crippen LogP contribution in [0.4, 0.5) is 5.69 Å². The highest BCUT2D eigenvalue weighted by molar-refractivity contribution is 5.88. The highest BCUT2D eigenvalue weighted by Crippen LogP contribution is 2.10. The first-order valence-corrected chi connectivity index (χ1v) is 6.07. The van der Waals surface area contributed by atoms with E-state index >= 15 is 0 Å². The van der Waals surface area contributed by atoms with Crippen LogP contribution in [-0.4, -0.2) is 25.5 Å². The summed E-state index contributed by atoms with van der Waals surface area (Å²) in [6.45, 7) is 6.42. The molecule has 0 aromatic heterocycles. The van der Waals surface area contributed by atoms with E-state index in [2.05, 4.69) is 27.5 Å². The number of carbonyl (C=O) groups excluding carboxylic acids is 1. The van der Waals surface area contributed by atoms with Gasteiger partial charge in [-0.25, -0.2) is 0 Å². The lowest BCUT2D eigenvalue weighted by Crippen LogP contribution is -2.36. The Labute approximate surface area is 113 Å². The first kappa shape index (κ1) is 14.8. The quantitative estimate of drug-likeness (QED) is 0.427. The highest BCUT2D eigenvalue weighted by atomic mass is 16.1. The molecule has 1 aromatic carbocycles. The highest BCUT2D eigenvalue weighted by Gasteiger charge is 1.99. The molecule has 0 saturated carbocycles. The first-order valence-electron chi connectivity index (χ1n) is 6.07. The molecule has 5 heteroatoms. The number of hydrogen-bond donors (Lipinski definition) is 3. The van der Waals surface area contributed by atoms with E-state index in [1.54, 1.807) is 13.1 Å². The van der Waals surface area contributed by atoms with E-state index in [9.17, 15) is 4.79 Å². The number of nitrogens with zero attached hydrogens (tertiary/aromatic N) is 1. The van der Waals surface area contributed by atoms with E-state index < -0.39 is 0 Å². The van der Waals surface area contributed by atoms with Gasteiger partial charge in [-0.15, -0.1) is 6.58 Å². The second-order valence-electron chi connectivity index (χ2n) is 3.98. The maximum absolute atomic E-state index is 11.0. The van der Waals surface area contributed by atoms with Crippen LogP contribution < -0.4 is 16.0 Å². The van der Waals surface area contributed by atoms with E-state index in [4.69, 9.17) is 0 Å². The summed E-state index contributed by atoms with van der Waals surface area (Å²) in [6, 6.07) is 7.67. The third-order valence-electron chi connectivity index (χ3n) is 2.34. The second kappa shape index (κ2) is 7.92. The number of hydrogen-bond acceptors (Lipinski definition) is 2. The van der Waals surface area contributed by atoms with Crippen LogP contribution >= 0.6 is 0 Å². The minimum absolute atomic E-state index is 0.0754. The molecular formula is C14H20N4O. The van der Waals surface area contributed by atoms with Gasteiger partial charge in [-0.3, -0.25) is 9.79 Å². The molecule has 0 unspecified atom stereocenters. The number of guanidine groups is 1. The fraction of sp³-hybridized carbons (Fsp3) is 0.286. The Balaban J connectivity index is 2.56. The predicted octanol–water partition coefficient (Wildman–Crippen LogP) is 1.50. The molecule has 0 aliphatic rings. The zero-order chi connectivity index (χ0) is 14.1. The summed E-state index contributed by atoms with van der Waals surface area (Å²) in [4.78, 5) is 15.1. The summed E-state index contributed by atoms with van der Waals surface area (Å²) in [5.41, 5.74) is 1.86. The molecule has 1 amide bonds. The average molecular weight is 260 g/mol. The fourth-order valence-electron chi connectivity index (χ4n) is 1.54. The van der Waals surface area contributed by atoms with Gasteiger partial charge in [0.1, 0.15) is 0 Å². The standard InChI is InChI=1S/C14H20N4O/c1-4-8-16-14(15-3)17-10-12-6-5-7-13(9-12)18-11(2)19/h4-7,9H,1,8,10H2,2-3H3,(H,18,19)(H2,15,16,17). The van der Waals surface area contributed by atoms with Crippen molar-refractivity contribution in [2.24, 2.45) is 4.99 Å². The number of carbonyl (C=O) groups is 1. The Kier molecular flexibility index (Phi) is 6.15. The minimum atomic E-state index is -0.0754. The zero-order valence-electron chi connectivity index (χ0n) is 11.4. The minimum Gasteiger partial charge on any atom is -0.353 e. The summed E-state index contributed by atoms with van der Waals surface area (Å²) < 4.78 is 0. The normalized spacial score (nSPS) is 10.7. The molecular weight excluding hydrogens is 240 g/mol. The molecule has 0 spiro atoms. The number of aliphatic imine (C=N–C) groups is 1. The number of amides is 1. The summed E-state index contributed by atoms with van der Waals surface area (Å²) in [5, 5.41) is 9.02. The Hall–Kier alpha value is -2.30. The van der Waals surface area contributed by atoms with Crippen LogP contribution in [-0.2, 0) is 11.3 Å². The van der Waals surface area contributed by atoms with Crippen LogP contribution in [0.5, 0.6) is 0 Å². The van der Waals surface area contributed by atoms with E-state index in [0.717, 1.165) is 11.3 Å². The molecule has 0 saturated heterocycles. The maximum atomic E-state index is 11.0. The topological polar surface area (TPSA) is 65.5 Å². The monoisotopic (exact) mass is 260 g/mol. The molecule has 3 N–H and O–H groups in total. The van der Waals surface area contributed by atoms with Crippen molar-refractivity contribution in [2.45, 2.75) is 13.5 Å². The van der Waals surface area contributed by atoms with Gasteiger partial charge >= 0.3 is 0 Å². The van der Waals surface area contributed by atoms with Gasteiger partial charge in [0.05, 0.1) is 0 Å². The molecule has 19 heavy (non-hydrogen) atoms. The summed E-state index contributed by atoms with van der Waals surface area (Å²) in [7, 11) is 1.71. The fourth-order valence-corrected chi connectivity index (χ4v) is 1.54. The summed E-state index contributed by atoms with van der Waals surface area (Å²) >= 11 is 0. The van der Waals surface area contributed by atoms with Gasteiger partial charge in [-0.2, -0.15) is 0 Å². The van der Waals surface area contributed by atoms with E-state index in [0.29, 0.717) is 19.0 Å². The van der Waals surface area contributed by atoms with Gasteiger partial charge in [0.2, 0.25) is 5.91 Å². The maximum Gasteiger partial charge on any atom is 0.221 e. The zero-order valence-corrected chi connectivity index (χ0v) is 11.4. The van der Waals surface area contributed by atoms with Crippen molar-refractivity contribution in [1.82, 2.24) is 10.6 Å². The van der Waals surface area contributed by atoms with Gasteiger partial charge in [0.15, 0.2) is 5.96 Å². The molecule has 1 rings (SSSR count). The third-order valence-corrected chi connectivity index (χ3v) is 2.34. The molecule has 1 aromatic rings. The molecule has 0 fully saturated rings. The van der Waals surface area contributed by atoms with Crippen LogP contribution in [0.15, 0.2) is 41.9 Å². The second-order valence-corrected chi connectivity index (χ2v) is 3.98. The third kappa shape index (κ3) is 5.72. The van der Waals surface area contributed by atoms with Crippen molar-refractivity contribution in [3.05, 3.63) is 42.5 Å². The van der Waals surface area contributed by atoms with Crippen LogP contribution in [0.25, 0.3) is 0 Å². The SMILES string of the molecule is C=CCNC(=NC)NCc1cccc(NC(C)=O)c1. The molecule has 0 aliphatic carbocycles. The Bertz CT molecular complexity index is 468.